The Morgan fingerprint density at radius 1 is 0.949 bits per heavy atom. The summed E-state index contributed by atoms with van der Waals surface area (Å²) >= 11 is 0. The molecule has 1 aromatic heterocycles. The number of amides is 1. The number of rotatable bonds is 7. The van der Waals surface area contributed by atoms with Gasteiger partial charge in [-0.15, -0.1) is 0 Å². The molecular formula is C33H41N3O3. The number of aromatic nitrogens is 2. The van der Waals surface area contributed by atoms with E-state index in [2.05, 4.69) is 57.3 Å². The average molecular weight is 528 g/mol. The lowest BCUT2D eigenvalue weighted by Gasteiger charge is -2.36. The molecule has 3 aromatic rings. The monoisotopic (exact) mass is 527 g/mol. The molecule has 0 spiro atoms. The Labute approximate surface area is 231 Å². The molecule has 0 bridgehead atoms. The van der Waals surface area contributed by atoms with E-state index in [1.807, 2.05) is 19.2 Å². The highest BCUT2D eigenvalue weighted by Crippen LogP contribution is 2.39. The van der Waals surface area contributed by atoms with Gasteiger partial charge in [0.25, 0.3) is 0 Å². The zero-order chi connectivity index (χ0) is 26.9. The van der Waals surface area contributed by atoms with Gasteiger partial charge >= 0.3 is 0 Å². The Morgan fingerprint density at radius 2 is 1.72 bits per heavy atom. The average Bonchev–Trinajstić information content (AvgIpc) is 3.69. The maximum Gasteiger partial charge on any atom is 0.230 e. The summed E-state index contributed by atoms with van der Waals surface area (Å²) in [5, 5.41) is 24.5. The van der Waals surface area contributed by atoms with Crippen molar-refractivity contribution >= 4 is 11.6 Å². The van der Waals surface area contributed by atoms with Crippen LogP contribution in [0.4, 0.5) is 5.69 Å². The van der Waals surface area contributed by atoms with E-state index in [0.717, 1.165) is 67.4 Å². The van der Waals surface area contributed by atoms with E-state index in [1.165, 1.54) is 18.4 Å². The summed E-state index contributed by atoms with van der Waals surface area (Å²) in [6.45, 7) is 2.70. The van der Waals surface area contributed by atoms with Crippen LogP contribution in [0.2, 0.25) is 0 Å². The van der Waals surface area contributed by atoms with Gasteiger partial charge in [-0.25, -0.2) is 0 Å². The van der Waals surface area contributed by atoms with Crippen LogP contribution in [0.5, 0.6) is 5.75 Å². The number of aryl methyl sites for hydroxylation is 1. The van der Waals surface area contributed by atoms with E-state index in [9.17, 15) is 15.0 Å². The first-order chi connectivity index (χ1) is 18.9. The van der Waals surface area contributed by atoms with Gasteiger partial charge in [0.05, 0.1) is 18.3 Å². The molecule has 39 heavy (non-hydrogen) atoms. The summed E-state index contributed by atoms with van der Waals surface area (Å²) in [6, 6.07) is 15.0. The van der Waals surface area contributed by atoms with Crippen molar-refractivity contribution in [3.8, 4) is 16.9 Å². The largest absolute Gasteiger partial charge is 0.508 e. The van der Waals surface area contributed by atoms with Crippen molar-refractivity contribution in [2.24, 2.45) is 11.8 Å². The predicted molar refractivity (Wildman–Crippen MR) is 154 cm³/mol. The van der Waals surface area contributed by atoms with Crippen LogP contribution in [-0.4, -0.2) is 38.5 Å². The van der Waals surface area contributed by atoms with Crippen LogP contribution in [-0.2, 0) is 4.79 Å². The van der Waals surface area contributed by atoms with Crippen LogP contribution >= 0.6 is 0 Å². The highest BCUT2D eigenvalue weighted by Gasteiger charge is 2.32. The van der Waals surface area contributed by atoms with Crippen LogP contribution < -0.4 is 4.90 Å². The van der Waals surface area contributed by atoms with Gasteiger partial charge in [-0.1, -0.05) is 24.3 Å². The van der Waals surface area contributed by atoms with E-state index < -0.39 is 0 Å². The molecule has 6 nitrogen and oxygen atoms in total. The highest BCUT2D eigenvalue weighted by molar-refractivity contribution is 5.95. The van der Waals surface area contributed by atoms with Gasteiger partial charge in [-0.05, 0) is 118 Å². The molecule has 3 saturated carbocycles. The Kier molecular flexibility index (Phi) is 7.48. The first kappa shape index (κ1) is 26.1. The number of aliphatic hydroxyl groups excluding tert-OH is 1. The van der Waals surface area contributed by atoms with E-state index >= 15 is 0 Å². The number of phenols is 1. The lowest BCUT2D eigenvalue weighted by Crippen LogP contribution is -2.41. The molecule has 0 unspecified atom stereocenters. The normalized spacial score (nSPS) is 25.4. The molecule has 6 rings (SSSR count). The Balaban J connectivity index is 1.20. The van der Waals surface area contributed by atoms with Crippen molar-refractivity contribution in [1.82, 2.24) is 9.78 Å². The van der Waals surface area contributed by atoms with E-state index in [1.54, 1.807) is 0 Å². The van der Waals surface area contributed by atoms with Gasteiger partial charge in [0.1, 0.15) is 5.75 Å². The van der Waals surface area contributed by atoms with Gasteiger partial charge in [0.2, 0.25) is 5.91 Å². The van der Waals surface area contributed by atoms with Gasteiger partial charge < -0.3 is 15.1 Å². The third kappa shape index (κ3) is 5.91. The van der Waals surface area contributed by atoms with Crippen LogP contribution in [0.15, 0.2) is 54.9 Å². The maximum atomic E-state index is 14.0. The smallest absolute Gasteiger partial charge is 0.230 e. The van der Waals surface area contributed by atoms with Gasteiger partial charge in [-0.2, -0.15) is 5.10 Å². The van der Waals surface area contributed by atoms with Gasteiger partial charge in [0.15, 0.2) is 0 Å². The topological polar surface area (TPSA) is 78.6 Å². The quantitative estimate of drug-likeness (QED) is 0.356. The molecule has 206 valence electrons. The molecule has 0 atom stereocenters. The fourth-order valence-electron chi connectivity index (χ4n) is 6.61. The summed E-state index contributed by atoms with van der Waals surface area (Å²) < 4.78 is 2.08. The van der Waals surface area contributed by atoms with Gasteiger partial charge in [-0.3, -0.25) is 9.48 Å². The number of phenolic OH excluding ortho intramolecular Hbond substituents is 1. The summed E-state index contributed by atoms with van der Waals surface area (Å²) in [7, 11) is 0. The van der Waals surface area contributed by atoms with Crippen LogP contribution in [0.3, 0.4) is 0 Å². The summed E-state index contributed by atoms with van der Waals surface area (Å²) in [5.74, 6) is 1.52. The van der Waals surface area contributed by atoms with E-state index in [0.29, 0.717) is 36.5 Å². The maximum absolute atomic E-state index is 14.0. The second kappa shape index (κ2) is 11.2. The number of carbonyl (C=O) groups is 1. The van der Waals surface area contributed by atoms with Crippen molar-refractivity contribution in [2.75, 3.05) is 11.4 Å². The number of carbonyl (C=O) groups excluding carboxylic acids is 1. The minimum Gasteiger partial charge on any atom is -0.508 e. The van der Waals surface area contributed by atoms with Crippen molar-refractivity contribution in [1.29, 1.82) is 0 Å². The van der Waals surface area contributed by atoms with Crippen molar-refractivity contribution < 1.29 is 15.0 Å². The lowest BCUT2D eigenvalue weighted by atomic mass is 9.78. The first-order valence-electron chi connectivity index (χ1n) is 14.9. The molecule has 0 aliphatic heterocycles. The number of hydrogen-bond donors (Lipinski definition) is 2. The molecule has 3 fully saturated rings. The standard InChI is InChI=1S/C33H41N3O3/c1-22-17-27(11-16-32(22)38)24-7-5-23(6-8-24)20-35(33(39)25-9-14-31(37)15-10-25)30-4-2-3-26(18-30)28-19-34-36(21-28)29-12-13-29/h2-4,11,16-19,21,23-25,29,31,37-38H,5-10,12-15,20H2,1H3. The molecule has 1 heterocycles. The fraction of sp³-hybridized carbons (Fsp3) is 0.515. The number of hydrogen-bond acceptors (Lipinski definition) is 4. The summed E-state index contributed by atoms with van der Waals surface area (Å²) in [5.41, 5.74) is 5.42. The molecular weight excluding hydrogens is 486 g/mol. The van der Waals surface area contributed by atoms with Crippen molar-refractivity contribution in [3.63, 3.8) is 0 Å². The molecule has 2 N–H and O–H groups in total. The van der Waals surface area contributed by atoms with Crippen LogP contribution in [0.25, 0.3) is 11.1 Å². The lowest BCUT2D eigenvalue weighted by molar-refractivity contribution is -0.124. The molecule has 3 aliphatic carbocycles. The predicted octanol–water partition coefficient (Wildman–Crippen LogP) is 6.76. The molecule has 2 aromatic carbocycles. The Bertz CT molecular complexity index is 1300. The van der Waals surface area contributed by atoms with E-state index in [-0.39, 0.29) is 17.9 Å². The number of nitrogens with zero attached hydrogens (tertiary/aromatic N) is 3. The van der Waals surface area contributed by atoms with Crippen molar-refractivity contribution in [2.45, 2.75) is 89.2 Å². The number of aromatic hydroxyl groups is 1. The van der Waals surface area contributed by atoms with Gasteiger partial charge in [0, 0.05) is 29.9 Å². The molecule has 3 aliphatic rings. The molecule has 1 amide bonds. The van der Waals surface area contributed by atoms with Crippen LogP contribution in [0.1, 0.15) is 87.3 Å². The minimum atomic E-state index is -0.271. The Morgan fingerprint density at radius 3 is 2.44 bits per heavy atom. The number of benzene rings is 2. The number of aliphatic hydroxyl groups is 1. The van der Waals surface area contributed by atoms with Crippen molar-refractivity contribution in [3.05, 3.63) is 66.0 Å². The third-order valence-corrected chi connectivity index (χ3v) is 9.31. The second-order valence-corrected chi connectivity index (χ2v) is 12.2. The first-order valence-corrected chi connectivity index (χ1v) is 14.9. The van der Waals surface area contributed by atoms with Crippen LogP contribution in [0, 0.1) is 18.8 Å². The highest BCUT2D eigenvalue weighted by atomic mass is 16.3. The third-order valence-electron chi connectivity index (χ3n) is 9.31. The SMILES string of the molecule is Cc1cc(C2CCC(CN(C(=O)C3CCC(O)CC3)c3cccc(-c4cnn(C5CC5)c4)c3)CC2)ccc1O. The number of anilines is 1. The molecule has 0 radical (unpaired) electrons. The molecule has 0 saturated heterocycles. The zero-order valence-electron chi connectivity index (χ0n) is 23.0. The Hall–Kier alpha value is -3.12. The minimum absolute atomic E-state index is 0.0222. The molecule has 6 heteroatoms. The van der Waals surface area contributed by atoms with E-state index in [4.69, 9.17) is 0 Å². The second-order valence-electron chi connectivity index (χ2n) is 12.2. The fourth-order valence-corrected chi connectivity index (χ4v) is 6.61. The zero-order valence-corrected chi connectivity index (χ0v) is 23.0. The summed E-state index contributed by atoms with van der Waals surface area (Å²) in [6.07, 6.45) is 13.5. The summed E-state index contributed by atoms with van der Waals surface area (Å²) in [4.78, 5) is 16.1.